The number of rotatable bonds is 1. The third-order valence-corrected chi connectivity index (χ3v) is 2.26. The van der Waals surface area contributed by atoms with Gasteiger partial charge in [0.2, 0.25) is 5.91 Å². The average Bonchev–Trinajstić information content (AvgIpc) is 2.59. The highest BCUT2D eigenvalue weighted by molar-refractivity contribution is 5.86. The molecule has 1 N–H and O–H groups in total. The topological polar surface area (TPSA) is 58.1 Å². The number of hydrogen-bond acceptors (Lipinski definition) is 4. The summed E-state index contributed by atoms with van der Waals surface area (Å²) in [6.07, 6.45) is 3.90. The van der Waals surface area contributed by atoms with Gasteiger partial charge in [0.05, 0.1) is 0 Å². The van der Waals surface area contributed by atoms with Crippen LogP contribution in [0.25, 0.3) is 0 Å². The van der Waals surface area contributed by atoms with E-state index in [1.165, 1.54) is 6.33 Å². The SMILES string of the molecule is CN(C)C(=O)C1Cc2cncnc2N1. The lowest BCUT2D eigenvalue weighted by molar-refractivity contribution is -0.129. The van der Waals surface area contributed by atoms with Crippen molar-refractivity contribution in [3.05, 3.63) is 18.1 Å². The third kappa shape index (κ3) is 1.41. The molecule has 0 saturated heterocycles. The minimum Gasteiger partial charge on any atom is -0.358 e. The quantitative estimate of drug-likeness (QED) is 0.675. The van der Waals surface area contributed by atoms with Crippen LogP contribution in [0.2, 0.25) is 0 Å². The van der Waals surface area contributed by atoms with Crippen LogP contribution in [-0.4, -0.2) is 40.9 Å². The van der Waals surface area contributed by atoms with Crippen molar-refractivity contribution >= 4 is 11.7 Å². The van der Waals surface area contributed by atoms with Gasteiger partial charge in [-0.15, -0.1) is 0 Å². The highest BCUT2D eigenvalue weighted by Gasteiger charge is 2.28. The van der Waals surface area contributed by atoms with E-state index in [0.29, 0.717) is 6.42 Å². The second-order valence-corrected chi connectivity index (χ2v) is 3.53. The summed E-state index contributed by atoms with van der Waals surface area (Å²) in [6.45, 7) is 0. The fourth-order valence-corrected chi connectivity index (χ4v) is 1.53. The molecule has 14 heavy (non-hydrogen) atoms. The highest BCUT2D eigenvalue weighted by atomic mass is 16.2. The van der Waals surface area contributed by atoms with E-state index in [1.807, 2.05) is 0 Å². The first-order valence-corrected chi connectivity index (χ1v) is 4.45. The number of anilines is 1. The van der Waals surface area contributed by atoms with Gasteiger partial charge in [-0.2, -0.15) is 0 Å². The normalized spacial score (nSPS) is 18.6. The number of fused-ring (bicyclic) bond motifs is 1. The predicted molar refractivity (Wildman–Crippen MR) is 51.8 cm³/mol. The molecule has 5 nitrogen and oxygen atoms in total. The zero-order valence-corrected chi connectivity index (χ0v) is 8.19. The maximum absolute atomic E-state index is 11.6. The third-order valence-electron chi connectivity index (χ3n) is 2.26. The van der Waals surface area contributed by atoms with E-state index in [9.17, 15) is 4.79 Å². The van der Waals surface area contributed by atoms with Gasteiger partial charge in [0.15, 0.2) is 0 Å². The van der Waals surface area contributed by atoms with Gasteiger partial charge in [0.1, 0.15) is 18.2 Å². The average molecular weight is 192 g/mol. The van der Waals surface area contributed by atoms with E-state index in [0.717, 1.165) is 11.4 Å². The Balaban J connectivity index is 2.16. The van der Waals surface area contributed by atoms with Gasteiger partial charge in [-0.25, -0.2) is 9.97 Å². The summed E-state index contributed by atoms with van der Waals surface area (Å²) in [7, 11) is 3.50. The first kappa shape index (κ1) is 8.93. The number of carbonyl (C=O) groups excluding carboxylic acids is 1. The molecule has 0 aromatic carbocycles. The smallest absolute Gasteiger partial charge is 0.244 e. The van der Waals surface area contributed by atoms with E-state index in [4.69, 9.17) is 0 Å². The van der Waals surface area contributed by atoms with E-state index in [1.54, 1.807) is 25.2 Å². The number of hydrogen-bond donors (Lipinski definition) is 1. The van der Waals surface area contributed by atoms with Crippen LogP contribution in [0.3, 0.4) is 0 Å². The van der Waals surface area contributed by atoms with Crippen molar-refractivity contribution < 1.29 is 4.79 Å². The van der Waals surface area contributed by atoms with Gasteiger partial charge in [-0.3, -0.25) is 4.79 Å². The molecule has 2 rings (SSSR count). The van der Waals surface area contributed by atoms with Crippen LogP contribution >= 0.6 is 0 Å². The molecule has 1 aromatic heterocycles. The summed E-state index contributed by atoms with van der Waals surface area (Å²) in [5.74, 6) is 0.850. The zero-order valence-electron chi connectivity index (χ0n) is 8.19. The maximum atomic E-state index is 11.6. The molecular weight excluding hydrogens is 180 g/mol. The van der Waals surface area contributed by atoms with Crippen LogP contribution in [0.5, 0.6) is 0 Å². The molecule has 5 heteroatoms. The molecule has 1 unspecified atom stereocenters. The van der Waals surface area contributed by atoms with Gasteiger partial charge in [-0.1, -0.05) is 0 Å². The monoisotopic (exact) mass is 192 g/mol. The minimum absolute atomic E-state index is 0.0722. The summed E-state index contributed by atoms with van der Waals surface area (Å²) in [5.41, 5.74) is 1.01. The molecule has 0 radical (unpaired) electrons. The van der Waals surface area contributed by atoms with Crippen LogP contribution in [0.1, 0.15) is 5.56 Å². The van der Waals surface area contributed by atoms with E-state index < -0.39 is 0 Å². The molecule has 1 aliphatic rings. The van der Waals surface area contributed by atoms with Crippen molar-refractivity contribution in [1.29, 1.82) is 0 Å². The van der Waals surface area contributed by atoms with Crippen LogP contribution in [0, 0.1) is 0 Å². The first-order valence-electron chi connectivity index (χ1n) is 4.45. The van der Waals surface area contributed by atoms with Crippen LogP contribution in [0.15, 0.2) is 12.5 Å². The van der Waals surface area contributed by atoms with Crippen molar-refractivity contribution in [2.24, 2.45) is 0 Å². The number of amides is 1. The van der Waals surface area contributed by atoms with Gasteiger partial charge >= 0.3 is 0 Å². The number of carbonyl (C=O) groups is 1. The molecule has 0 bridgehead atoms. The van der Waals surface area contributed by atoms with Gasteiger partial charge < -0.3 is 10.2 Å². The van der Waals surface area contributed by atoms with Crippen LogP contribution < -0.4 is 5.32 Å². The number of nitrogens with one attached hydrogen (secondary N) is 1. The zero-order chi connectivity index (χ0) is 10.1. The summed E-state index contributed by atoms with van der Waals surface area (Å²) in [5, 5.41) is 3.07. The fraction of sp³-hybridized carbons (Fsp3) is 0.444. The molecule has 1 aliphatic heterocycles. The summed E-state index contributed by atoms with van der Waals surface area (Å²) in [6, 6.07) is -0.184. The Hall–Kier alpha value is -1.65. The Kier molecular flexibility index (Phi) is 2.07. The van der Waals surface area contributed by atoms with Crippen molar-refractivity contribution in [1.82, 2.24) is 14.9 Å². The molecule has 0 fully saturated rings. The Morgan fingerprint density at radius 3 is 3.07 bits per heavy atom. The summed E-state index contributed by atoms with van der Waals surface area (Å²) in [4.78, 5) is 21.2. The number of likely N-dealkylation sites (N-methyl/N-ethyl adjacent to an activating group) is 1. The minimum atomic E-state index is -0.184. The van der Waals surface area contributed by atoms with E-state index in [-0.39, 0.29) is 11.9 Å². The Morgan fingerprint density at radius 1 is 1.64 bits per heavy atom. The van der Waals surface area contributed by atoms with Gasteiger partial charge in [0, 0.05) is 32.3 Å². The maximum Gasteiger partial charge on any atom is 0.244 e. The van der Waals surface area contributed by atoms with Gasteiger partial charge in [0.25, 0.3) is 0 Å². The predicted octanol–water partition coefficient (Wildman–Crippen LogP) is -0.0986. The molecule has 0 aliphatic carbocycles. The molecule has 74 valence electrons. The first-order chi connectivity index (χ1) is 6.68. The molecular formula is C9H12N4O. The Morgan fingerprint density at radius 2 is 2.43 bits per heavy atom. The lowest BCUT2D eigenvalue weighted by atomic mass is 10.1. The molecule has 0 saturated carbocycles. The van der Waals surface area contributed by atoms with Crippen molar-refractivity contribution in [3.63, 3.8) is 0 Å². The van der Waals surface area contributed by atoms with Crippen molar-refractivity contribution in [3.8, 4) is 0 Å². The van der Waals surface area contributed by atoms with E-state index in [2.05, 4.69) is 15.3 Å². The Labute approximate surface area is 82.2 Å². The number of aromatic nitrogens is 2. The molecule has 1 atom stereocenters. The van der Waals surface area contributed by atoms with Crippen LogP contribution in [0.4, 0.5) is 5.82 Å². The molecule has 1 aromatic rings. The Bertz CT molecular complexity index is 339. The molecule has 0 spiro atoms. The largest absolute Gasteiger partial charge is 0.358 e. The second kappa shape index (κ2) is 3.25. The standard InChI is InChI=1S/C9H12N4O/c1-13(2)9(14)7-3-6-4-10-5-11-8(6)12-7/h4-5,7H,3H2,1-2H3,(H,10,11,12). The fourth-order valence-electron chi connectivity index (χ4n) is 1.53. The summed E-state index contributed by atoms with van der Waals surface area (Å²) >= 11 is 0. The van der Waals surface area contributed by atoms with Crippen molar-refractivity contribution in [2.75, 3.05) is 19.4 Å². The van der Waals surface area contributed by atoms with Gasteiger partial charge in [-0.05, 0) is 0 Å². The lowest BCUT2D eigenvalue weighted by Crippen LogP contribution is -2.37. The summed E-state index contributed by atoms with van der Waals surface area (Å²) < 4.78 is 0. The van der Waals surface area contributed by atoms with Crippen molar-refractivity contribution in [2.45, 2.75) is 12.5 Å². The molecule has 2 heterocycles. The lowest BCUT2D eigenvalue weighted by Gasteiger charge is -2.15. The van der Waals surface area contributed by atoms with E-state index >= 15 is 0 Å². The highest BCUT2D eigenvalue weighted by Crippen LogP contribution is 2.22. The second-order valence-electron chi connectivity index (χ2n) is 3.53. The molecule has 1 amide bonds. The van der Waals surface area contributed by atoms with Crippen LogP contribution in [-0.2, 0) is 11.2 Å². The number of nitrogens with zero attached hydrogens (tertiary/aromatic N) is 3.